The lowest BCUT2D eigenvalue weighted by Crippen LogP contribution is -2.55. The van der Waals surface area contributed by atoms with Crippen molar-refractivity contribution in [1.82, 2.24) is 24.9 Å². The molecule has 0 radical (unpaired) electrons. The molecule has 2 bridgehead atoms. The Hall–Kier alpha value is -1.60. The van der Waals surface area contributed by atoms with E-state index in [1.54, 1.807) is 0 Å². The van der Waals surface area contributed by atoms with Gasteiger partial charge in [-0.3, -0.25) is 14.4 Å². The zero-order valence-corrected chi connectivity index (χ0v) is 23.1. The number of nitrogens with one attached hydrogen (secondary N) is 1. The number of hydrogen-bond donors (Lipinski definition) is 1. The molecule has 0 saturated carbocycles. The van der Waals surface area contributed by atoms with Crippen LogP contribution in [0.1, 0.15) is 56.4 Å². The Bertz CT molecular complexity index is 906. The van der Waals surface area contributed by atoms with Gasteiger partial charge in [-0.1, -0.05) is 30.3 Å². The summed E-state index contributed by atoms with van der Waals surface area (Å²) in [4.78, 5) is 17.6. The van der Waals surface area contributed by atoms with Crippen LogP contribution in [0.2, 0.25) is 0 Å². The van der Waals surface area contributed by atoms with Gasteiger partial charge in [0.05, 0.1) is 5.69 Å². The van der Waals surface area contributed by atoms with Gasteiger partial charge in [-0.05, 0) is 64.0 Å². The van der Waals surface area contributed by atoms with E-state index in [1.807, 2.05) is 16.5 Å². The van der Waals surface area contributed by atoms with Crippen LogP contribution in [0.5, 0.6) is 0 Å². The minimum absolute atomic E-state index is 0. The Kier molecular flexibility index (Phi) is 12.0. The average Bonchev–Trinajstić information content (AvgIpc) is 3.18. The molecule has 35 heavy (non-hydrogen) atoms. The Labute approximate surface area is 223 Å². The van der Waals surface area contributed by atoms with Crippen molar-refractivity contribution in [3.63, 3.8) is 0 Å². The van der Waals surface area contributed by atoms with Crippen molar-refractivity contribution in [2.24, 2.45) is 11.8 Å². The summed E-state index contributed by atoms with van der Waals surface area (Å²) in [6.07, 6.45) is 6.10. The van der Waals surface area contributed by atoms with Crippen molar-refractivity contribution in [3.8, 4) is 0 Å². The van der Waals surface area contributed by atoms with Crippen LogP contribution in [0.15, 0.2) is 36.5 Å². The van der Waals surface area contributed by atoms with Crippen LogP contribution in [0.25, 0.3) is 0 Å². The van der Waals surface area contributed by atoms with E-state index < -0.39 is 0 Å². The molecule has 1 amide bonds. The first-order valence-electron chi connectivity index (χ1n) is 12.9. The van der Waals surface area contributed by atoms with Crippen molar-refractivity contribution in [2.45, 2.75) is 72.1 Å². The van der Waals surface area contributed by atoms with E-state index in [0.717, 1.165) is 56.2 Å². The van der Waals surface area contributed by atoms with Crippen molar-refractivity contribution in [2.75, 3.05) is 26.2 Å². The van der Waals surface area contributed by atoms with Crippen LogP contribution >= 0.6 is 24.8 Å². The van der Waals surface area contributed by atoms with Crippen molar-refractivity contribution in [1.29, 1.82) is 0 Å². The highest BCUT2D eigenvalue weighted by molar-refractivity contribution is 5.85. The van der Waals surface area contributed by atoms with E-state index in [9.17, 15) is 4.79 Å². The predicted molar refractivity (Wildman–Crippen MR) is 147 cm³/mol. The van der Waals surface area contributed by atoms with E-state index >= 15 is 0 Å². The molecule has 4 rings (SSSR count). The zero-order chi connectivity index (χ0) is 23.2. The minimum Gasteiger partial charge on any atom is -0.339 e. The first-order chi connectivity index (χ1) is 16.1. The molecule has 2 unspecified atom stereocenters. The number of aromatic nitrogens is 2. The molecular weight excluding hydrogens is 481 g/mol. The molecule has 0 aliphatic carbocycles. The highest BCUT2D eigenvalue weighted by Crippen LogP contribution is 2.31. The van der Waals surface area contributed by atoms with Crippen LogP contribution in [0.3, 0.4) is 0 Å². The second kappa shape index (κ2) is 14.2. The summed E-state index contributed by atoms with van der Waals surface area (Å²) >= 11 is 0. The lowest BCUT2D eigenvalue weighted by molar-refractivity contribution is -0.131. The van der Waals surface area contributed by atoms with Crippen LogP contribution < -0.4 is 5.32 Å². The smallest absolute Gasteiger partial charge is 0.222 e. The second-order valence-corrected chi connectivity index (χ2v) is 9.95. The number of piperidine rings is 2. The van der Waals surface area contributed by atoms with Gasteiger partial charge < -0.3 is 10.2 Å². The molecule has 2 saturated heterocycles. The molecule has 2 aliphatic heterocycles. The molecule has 1 aromatic carbocycles. The Balaban J connectivity index is 0.00000216. The lowest BCUT2D eigenvalue weighted by atomic mass is 9.79. The third-order valence-corrected chi connectivity index (χ3v) is 7.51. The molecule has 2 aromatic rings. The summed E-state index contributed by atoms with van der Waals surface area (Å²) < 4.78 is 1.95. The number of rotatable bonds is 10. The van der Waals surface area contributed by atoms with Gasteiger partial charge in [0.2, 0.25) is 5.91 Å². The van der Waals surface area contributed by atoms with Gasteiger partial charge in [-0.15, -0.1) is 24.8 Å². The molecule has 3 atom stereocenters. The fourth-order valence-electron chi connectivity index (χ4n) is 5.67. The molecule has 1 N–H and O–H groups in total. The minimum atomic E-state index is 0. The molecule has 3 heterocycles. The summed E-state index contributed by atoms with van der Waals surface area (Å²) in [5, 5.41) is 8.34. The summed E-state index contributed by atoms with van der Waals surface area (Å²) in [6.45, 7) is 13.0. The molecule has 2 aliphatic rings. The molecule has 1 aromatic heterocycles. The molecule has 8 heteroatoms. The highest BCUT2D eigenvalue weighted by atomic mass is 35.5. The van der Waals surface area contributed by atoms with Gasteiger partial charge in [0.25, 0.3) is 0 Å². The topological polar surface area (TPSA) is 53.4 Å². The van der Waals surface area contributed by atoms with E-state index in [0.29, 0.717) is 24.9 Å². The highest BCUT2D eigenvalue weighted by Gasteiger charge is 2.36. The number of likely N-dealkylation sites (tertiary alicyclic amines) is 1. The van der Waals surface area contributed by atoms with E-state index in [1.165, 1.54) is 25.1 Å². The van der Waals surface area contributed by atoms with Gasteiger partial charge in [0, 0.05) is 63.5 Å². The number of amides is 1. The Morgan fingerprint density at radius 2 is 1.94 bits per heavy atom. The normalized spacial score (nSPS) is 21.6. The quantitative estimate of drug-likeness (QED) is 0.490. The van der Waals surface area contributed by atoms with Crippen LogP contribution in [-0.4, -0.2) is 57.7 Å². The molecule has 2 fully saturated rings. The van der Waals surface area contributed by atoms with E-state index in [2.05, 4.69) is 65.7 Å². The first kappa shape index (κ1) is 29.6. The summed E-state index contributed by atoms with van der Waals surface area (Å²) in [5.74, 6) is 1.72. The zero-order valence-electron chi connectivity index (χ0n) is 21.5. The van der Waals surface area contributed by atoms with Gasteiger partial charge in [0.1, 0.15) is 0 Å². The summed E-state index contributed by atoms with van der Waals surface area (Å²) in [7, 11) is 0. The lowest BCUT2D eigenvalue weighted by Gasteiger charge is -2.46. The first-order valence-corrected chi connectivity index (χ1v) is 12.9. The summed E-state index contributed by atoms with van der Waals surface area (Å²) in [5.41, 5.74) is 3.60. The third-order valence-electron chi connectivity index (χ3n) is 7.51. The number of aryl methyl sites for hydroxylation is 2. The molecule has 196 valence electrons. The number of halogens is 2. The molecule has 0 spiro atoms. The maximum Gasteiger partial charge on any atom is 0.222 e. The standard InChI is InChI=1S/C27H41N5O.2ClH/c1-4-31(19-25-20-32(5-2)29-21(25)3)27(33)13-9-12-26-24-14-23(15-28-26)17-30(18-24)16-22-10-7-6-8-11-22;;/h6-8,10-11,20,23-24,26,28H,4-5,9,12-19H2,1-3H3;2*1H/t23?,24?,26-;;/m1../s1. The van der Waals surface area contributed by atoms with E-state index in [-0.39, 0.29) is 30.7 Å². The van der Waals surface area contributed by atoms with E-state index in [4.69, 9.17) is 0 Å². The van der Waals surface area contributed by atoms with Crippen LogP contribution in [0.4, 0.5) is 0 Å². The largest absolute Gasteiger partial charge is 0.339 e. The Morgan fingerprint density at radius 3 is 2.63 bits per heavy atom. The fraction of sp³-hybridized carbons (Fsp3) is 0.630. The third kappa shape index (κ3) is 7.94. The Morgan fingerprint density at radius 1 is 1.17 bits per heavy atom. The second-order valence-electron chi connectivity index (χ2n) is 9.95. The molecular formula is C27H43Cl2N5O. The monoisotopic (exact) mass is 523 g/mol. The van der Waals surface area contributed by atoms with Gasteiger partial charge in [-0.2, -0.15) is 5.10 Å². The van der Waals surface area contributed by atoms with Gasteiger partial charge >= 0.3 is 0 Å². The average molecular weight is 525 g/mol. The maximum absolute atomic E-state index is 12.9. The number of hydrogen-bond acceptors (Lipinski definition) is 4. The van der Waals surface area contributed by atoms with Crippen molar-refractivity contribution in [3.05, 3.63) is 53.3 Å². The number of fused-ring (bicyclic) bond motifs is 2. The number of carbonyl (C=O) groups excluding carboxylic acids is 1. The number of carbonyl (C=O) groups is 1. The number of benzene rings is 1. The maximum atomic E-state index is 12.9. The molecule has 6 nitrogen and oxygen atoms in total. The van der Waals surface area contributed by atoms with Gasteiger partial charge in [-0.25, -0.2) is 0 Å². The van der Waals surface area contributed by atoms with Crippen molar-refractivity contribution >= 4 is 30.7 Å². The van der Waals surface area contributed by atoms with Crippen LogP contribution in [-0.2, 0) is 24.4 Å². The van der Waals surface area contributed by atoms with Crippen molar-refractivity contribution < 1.29 is 4.79 Å². The number of nitrogens with zero attached hydrogens (tertiary/aromatic N) is 4. The predicted octanol–water partition coefficient (Wildman–Crippen LogP) is 4.68. The summed E-state index contributed by atoms with van der Waals surface area (Å²) in [6, 6.07) is 11.4. The fourth-order valence-corrected chi connectivity index (χ4v) is 5.67. The SMILES string of the molecule is CCN(Cc1cn(CC)nc1C)C(=O)CCC[C@H]1NCC2CC1CN(Cc1ccccc1)C2.Cl.Cl. The van der Waals surface area contributed by atoms with Crippen LogP contribution in [0, 0.1) is 18.8 Å². The van der Waals surface area contributed by atoms with Gasteiger partial charge in [0.15, 0.2) is 0 Å².